The first kappa shape index (κ1) is 15.5. The maximum Gasteiger partial charge on any atom is 0.221 e. The molecule has 0 aromatic heterocycles. The van der Waals surface area contributed by atoms with E-state index < -0.39 is 12.0 Å². The smallest absolute Gasteiger partial charge is 0.221 e. The predicted molar refractivity (Wildman–Crippen MR) is 87.1 cm³/mol. The quantitative estimate of drug-likeness (QED) is 0.770. The lowest BCUT2D eigenvalue weighted by Crippen LogP contribution is -2.21. The SMILES string of the molecule is C=CC(=N)C(Oc1ccccc1)c1ccccc1CC(N)=O. The molecule has 0 aliphatic carbocycles. The highest BCUT2D eigenvalue weighted by atomic mass is 16.5. The van der Waals surface area contributed by atoms with E-state index in [-0.39, 0.29) is 12.1 Å². The van der Waals surface area contributed by atoms with Crippen LogP contribution in [0.4, 0.5) is 0 Å². The Labute approximate surface area is 129 Å². The lowest BCUT2D eigenvalue weighted by atomic mass is 9.96. The average Bonchev–Trinajstić information content (AvgIpc) is 2.53. The Balaban J connectivity index is 2.39. The molecule has 112 valence electrons. The number of hydrogen-bond acceptors (Lipinski definition) is 3. The Hall–Kier alpha value is -2.88. The van der Waals surface area contributed by atoms with E-state index in [0.717, 1.165) is 11.1 Å². The zero-order chi connectivity index (χ0) is 15.9. The lowest BCUT2D eigenvalue weighted by molar-refractivity contribution is -0.117. The molecule has 2 rings (SSSR count). The van der Waals surface area contributed by atoms with Gasteiger partial charge in [-0.1, -0.05) is 49.0 Å². The van der Waals surface area contributed by atoms with Gasteiger partial charge in [-0.05, 0) is 23.8 Å². The van der Waals surface area contributed by atoms with Crippen LogP contribution in [-0.4, -0.2) is 11.6 Å². The number of nitrogens with one attached hydrogen (secondary N) is 1. The summed E-state index contributed by atoms with van der Waals surface area (Å²) in [5.41, 5.74) is 7.02. The van der Waals surface area contributed by atoms with Gasteiger partial charge < -0.3 is 15.9 Å². The van der Waals surface area contributed by atoms with E-state index in [1.807, 2.05) is 54.6 Å². The van der Waals surface area contributed by atoms with Crippen LogP contribution < -0.4 is 10.5 Å². The molecule has 0 aliphatic heterocycles. The van der Waals surface area contributed by atoms with Gasteiger partial charge in [0.15, 0.2) is 6.10 Å². The van der Waals surface area contributed by atoms with Gasteiger partial charge in [-0.3, -0.25) is 4.79 Å². The molecular weight excluding hydrogens is 276 g/mol. The van der Waals surface area contributed by atoms with Crippen LogP contribution in [0.15, 0.2) is 67.3 Å². The number of carbonyl (C=O) groups excluding carboxylic acids is 1. The molecule has 0 saturated carbocycles. The van der Waals surface area contributed by atoms with E-state index in [9.17, 15) is 4.79 Å². The third kappa shape index (κ3) is 3.82. The second-order valence-electron chi connectivity index (χ2n) is 4.81. The van der Waals surface area contributed by atoms with Crippen LogP contribution in [-0.2, 0) is 11.2 Å². The van der Waals surface area contributed by atoms with E-state index in [2.05, 4.69) is 6.58 Å². The number of carbonyl (C=O) groups is 1. The van der Waals surface area contributed by atoms with Crippen molar-refractivity contribution in [2.24, 2.45) is 5.73 Å². The minimum Gasteiger partial charge on any atom is -0.479 e. The highest BCUT2D eigenvalue weighted by Gasteiger charge is 2.20. The van der Waals surface area contributed by atoms with Crippen molar-refractivity contribution in [3.05, 3.63) is 78.4 Å². The minimum atomic E-state index is -0.629. The number of nitrogens with two attached hydrogens (primary N) is 1. The maximum atomic E-state index is 11.2. The van der Waals surface area contributed by atoms with E-state index in [4.69, 9.17) is 15.9 Å². The third-order valence-electron chi connectivity index (χ3n) is 3.20. The van der Waals surface area contributed by atoms with Gasteiger partial charge in [0, 0.05) is 5.56 Å². The number of primary amides is 1. The second-order valence-corrected chi connectivity index (χ2v) is 4.81. The van der Waals surface area contributed by atoms with Crippen LogP contribution in [0.5, 0.6) is 5.75 Å². The van der Waals surface area contributed by atoms with Crippen molar-refractivity contribution in [3.63, 3.8) is 0 Å². The van der Waals surface area contributed by atoms with Gasteiger partial charge in [-0.2, -0.15) is 0 Å². The molecule has 1 amide bonds. The monoisotopic (exact) mass is 294 g/mol. The average molecular weight is 294 g/mol. The van der Waals surface area contributed by atoms with Crippen molar-refractivity contribution in [1.82, 2.24) is 0 Å². The Morgan fingerprint density at radius 2 is 1.82 bits per heavy atom. The van der Waals surface area contributed by atoms with Gasteiger partial charge in [0.1, 0.15) is 5.75 Å². The topological polar surface area (TPSA) is 76.2 Å². The molecule has 0 spiro atoms. The molecule has 0 saturated heterocycles. The normalized spacial score (nSPS) is 11.5. The number of benzene rings is 2. The molecule has 1 unspecified atom stereocenters. The highest BCUT2D eigenvalue weighted by Crippen LogP contribution is 2.26. The summed E-state index contributed by atoms with van der Waals surface area (Å²) < 4.78 is 5.93. The second kappa shape index (κ2) is 7.22. The molecule has 0 bridgehead atoms. The molecule has 3 N–H and O–H groups in total. The molecule has 0 radical (unpaired) electrons. The van der Waals surface area contributed by atoms with E-state index in [1.165, 1.54) is 6.08 Å². The summed E-state index contributed by atoms with van der Waals surface area (Å²) in [6, 6.07) is 16.6. The zero-order valence-corrected chi connectivity index (χ0v) is 12.2. The van der Waals surface area contributed by atoms with E-state index >= 15 is 0 Å². The number of amides is 1. The van der Waals surface area contributed by atoms with Crippen molar-refractivity contribution in [2.45, 2.75) is 12.5 Å². The molecule has 2 aromatic carbocycles. The predicted octanol–water partition coefficient (Wildman–Crippen LogP) is 3.04. The van der Waals surface area contributed by atoms with Crippen molar-refractivity contribution in [2.75, 3.05) is 0 Å². The fourth-order valence-electron chi connectivity index (χ4n) is 2.18. The van der Waals surface area contributed by atoms with Crippen molar-refractivity contribution < 1.29 is 9.53 Å². The first-order valence-corrected chi connectivity index (χ1v) is 6.90. The van der Waals surface area contributed by atoms with Crippen molar-refractivity contribution in [1.29, 1.82) is 5.41 Å². The summed E-state index contributed by atoms with van der Waals surface area (Å²) >= 11 is 0. The van der Waals surface area contributed by atoms with Crippen LogP contribution in [0.2, 0.25) is 0 Å². The largest absolute Gasteiger partial charge is 0.479 e. The van der Waals surface area contributed by atoms with Crippen LogP contribution in [0.1, 0.15) is 17.2 Å². The number of para-hydroxylation sites is 1. The van der Waals surface area contributed by atoms with Crippen LogP contribution in [0, 0.1) is 5.41 Å². The first-order valence-electron chi connectivity index (χ1n) is 6.90. The van der Waals surface area contributed by atoms with Gasteiger partial charge in [-0.15, -0.1) is 0 Å². The van der Waals surface area contributed by atoms with Crippen LogP contribution in [0.25, 0.3) is 0 Å². The molecule has 1 atom stereocenters. The van der Waals surface area contributed by atoms with Crippen LogP contribution >= 0.6 is 0 Å². The molecule has 22 heavy (non-hydrogen) atoms. The number of ether oxygens (including phenoxy) is 1. The summed E-state index contributed by atoms with van der Waals surface area (Å²) in [7, 11) is 0. The van der Waals surface area contributed by atoms with E-state index in [1.54, 1.807) is 0 Å². The fraction of sp³-hybridized carbons (Fsp3) is 0.111. The Morgan fingerprint density at radius 3 is 2.45 bits per heavy atom. The highest BCUT2D eigenvalue weighted by molar-refractivity contribution is 5.97. The van der Waals surface area contributed by atoms with E-state index in [0.29, 0.717) is 5.75 Å². The maximum absolute atomic E-state index is 11.2. The number of rotatable bonds is 7. The summed E-state index contributed by atoms with van der Waals surface area (Å²) in [5, 5.41) is 8.10. The zero-order valence-electron chi connectivity index (χ0n) is 12.2. The first-order chi connectivity index (χ1) is 10.6. The van der Waals surface area contributed by atoms with Crippen molar-refractivity contribution >= 4 is 11.6 Å². The van der Waals surface area contributed by atoms with Crippen LogP contribution in [0.3, 0.4) is 0 Å². The van der Waals surface area contributed by atoms with Gasteiger partial charge in [0.05, 0.1) is 12.1 Å². The Kier molecular flexibility index (Phi) is 5.09. The number of hydrogen-bond donors (Lipinski definition) is 2. The Morgan fingerprint density at radius 1 is 1.18 bits per heavy atom. The third-order valence-corrected chi connectivity index (χ3v) is 3.20. The van der Waals surface area contributed by atoms with Gasteiger partial charge in [0.25, 0.3) is 0 Å². The lowest BCUT2D eigenvalue weighted by Gasteiger charge is -2.21. The van der Waals surface area contributed by atoms with Gasteiger partial charge in [-0.25, -0.2) is 0 Å². The molecule has 0 aliphatic rings. The van der Waals surface area contributed by atoms with Gasteiger partial charge >= 0.3 is 0 Å². The fourth-order valence-corrected chi connectivity index (χ4v) is 2.18. The molecule has 0 heterocycles. The molecule has 4 nitrogen and oxygen atoms in total. The summed E-state index contributed by atoms with van der Waals surface area (Å²) in [6.45, 7) is 3.64. The Bertz CT molecular complexity index is 680. The molecular formula is C18H18N2O2. The molecule has 0 fully saturated rings. The minimum absolute atomic E-state index is 0.106. The summed E-state index contributed by atoms with van der Waals surface area (Å²) in [6.07, 6.45) is 0.916. The molecule has 4 heteroatoms. The molecule has 2 aromatic rings. The summed E-state index contributed by atoms with van der Waals surface area (Å²) in [5.74, 6) is 0.226. The van der Waals surface area contributed by atoms with Crippen molar-refractivity contribution in [3.8, 4) is 5.75 Å². The summed E-state index contributed by atoms with van der Waals surface area (Å²) in [4.78, 5) is 11.2. The standard InChI is InChI=1S/C18H18N2O2/c1-2-16(19)18(22-14-9-4-3-5-10-14)15-11-7-6-8-13(15)12-17(20)21/h2-11,18-19H,1,12H2,(H2,20,21). The van der Waals surface area contributed by atoms with Gasteiger partial charge in [0.2, 0.25) is 5.91 Å².